The van der Waals surface area contributed by atoms with Gasteiger partial charge in [0.25, 0.3) is 5.91 Å². The van der Waals surface area contributed by atoms with Crippen molar-refractivity contribution in [1.29, 1.82) is 0 Å². The summed E-state index contributed by atoms with van der Waals surface area (Å²) in [7, 11) is 0. The molecule has 0 bridgehead atoms. The standard InChI is InChI=1S/C22H24Cl2N4O2/c23-18-7-6-16(14-19(18)24)20(29)25-10-13-27-11-8-22(9-12-27)21(30)26-15-28(22)17-4-2-1-3-5-17/h1-7,14H,8-13,15H2,(H,25,29)(H,26,30). The SMILES string of the molecule is O=C(NCCN1CCC2(CC1)C(=O)NCN2c1ccccc1)c1ccc(Cl)c(Cl)c1. The van der Waals surface area contributed by atoms with Crippen molar-refractivity contribution < 1.29 is 9.59 Å². The lowest BCUT2D eigenvalue weighted by molar-refractivity contribution is -0.125. The molecule has 2 amide bonds. The Morgan fingerprint density at radius 2 is 1.80 bits per heavy atom. The molecule has 2 heterocycles. The van der Waals surface area contributed by atoms with Crippen molar-refractivity contribution in [3.8, 4) is 0 Å². The van der Waals surface area contributed by atoms with E-state index in [2.05, 4.69) is 20.4 Å². The fourth-order valence-electron chi connectivity index (χ4n) is 4.25. The van der Waals surface area contributed by atoms with Crippen molar-refractivity contribution in [2.75, 3.05) is 37.7 Å². The van der Waals surface area contributed by atoms with E-state index in [1.807, 2.05) is 30.3 Å². The van der Waals surface area contributed by atoms with Crippen LogP contribution in [0.5, 0.6) is 0 Å². The van der Waals surface area contributed by atoms with Crippen LogP contribution in [-0.2, 0) is 4.79 Å². The molecule has 8 heteroatoms. The van der Waals surface area contributed by atoms with Gasteiger partial charge in [-0.1, -0.05) is 41.4 Å². The van der Waals surface area contributed by atoms with Crippen molar-refractivity contribution in [3.05, 3.63) is 64.1 Å². The van der Waals surface area contributed by atoms with E-state index in [0.29, 0.717) is 28.8 Å². The molecule has 0 aliphatic carbocycles. The maximum atomic E-state index is 12.7. The number of hydrogen-bond acceptors (Lipinski definition) is 4. The minimum atomic E-state index is -0.485. The Labute approximate surface area is 186 Å². The molecule has 0 atom stereocenters. The summed E-state index contributed by atoms with van der Waals surface area (Å²) in [6, 6.07) is 14.9. The summed E-state index contributed by atoms with van der Waals surface area (Å²) in [5, 5.41) is 6.74. The van der Waals surface area contributed by atoms with Crippen molar-refractivity contribution in [3.63, 3.8) is 0 Å². The quantitative estimate of drug-likeness (QED) is 0.740. The summed E-state index contributed by atoms with van der Waals surface area (Å²) in [5.41, 5.74) is 1.07. The van der Waals surface area contributed by atoms with Crippen LogP contribution in [0.25, 0.3) is 0 Å². The predicted molar refractivity (Wildman–Crippen MR) is 119 cm³/mol. The van der Waals surface area contributed by atoms with E-state index in [-0.39, 0.29) is 11.8 Å². The molecular weight excluding hydrogens is 423 g/mol. The third-order valence-electron chi connectivity index (χ3n) is 5.98. The van der Waals surface area contributed by atoms with Crippen LogP contribution >= 0.6 is 23.2 Å². The van der Waals surface area contributed by atoms with Crippen LogP contribution in [0.1, 0.15) is 23.2 Å². The lowest BCUT2D eigenvalue weighted by atomic mass is 9.85. The highest BCUT2D eigenvalue weighted by molar-refractivity contribution is 6.42. The molecule has 2 aromatic rings. The van der Waals surface area contributed by atoms with Crippen LogP contribution in [0.2, 0.25) is 10.0 Å². The normalized spacial score (nSPS) is 18.5. The monoisotopic (exact) mass is 446 g/mol. The Bertz CT molecular complexity index is 930. The maximum Gasteiger partial charge on any atom is 0.251 e. The van der Waals surface area contributed by atoms with Gasteiger partial charge in [-0.05, 0) is 43.2 Å². The minimum absolute atomic E-state index is 0.110. The highest BCUT2D eigenvalue weighted by Crippen LogP contribution is 2.36. The number of amides is 2. The number of anilines is 1. The lowest BCUT2D eigenvalue weighted by Crippen LogP contribution is -2.57. The van der Waals surface area contributed by atoms with Gasteiger partial charge in [-0.3, -0.25) is 9.59 Å². The number of carbonyl (C=O) groups excluding carboxylic acids is 2. The zero-order valence-electron chi connectivity index (χ0n) is 16.5. The Morgan fingerprint density at radius 3 is 2.50 bits per heavy atom. The predicted octanol–water partition coefficient (Wildman–Crippen LogP) is 3.15. The fourth-order valence-corrected chi connectivity index (χ4v) is 4.54. The van der Waals surface area contributed by atoms with Crippen molar-refractivity contribution in [2.24, 2.45) is 0 Å². The van der Waals surface area contributed by atoms with Gasteiger partial charge in [-0.15, -0.1) is 0 Å². The molecule has 2 fully saturated rings. The van der Waals surface area contributed by atoms with Gasteiger partial charge < -0.3 is 20.4 Å². The molecule has 0 saturated carbocycles. The number of nitrogens with zero attached hydrogens (tertiary/aromatic N) is 2. The Kier molecular flexibility index (Phi) is 6.18. The number of piperidine rings is 1. The largest absolute Gasteiger partial charge is 0.351 e. The van der Waals surface area contributed by atoms with Crippen LogP contribution in [-0.4, -0.2) is 55.1 Å². The van der Waals surface area contributed by atoms with Gasteiger partial charge in [0.15, 0.2) is 0 Å². The van der Waals surface area contributed by atoms with Gasteiger partial charge in [0.1, 0.15) is 5.54 Å². The summed E-state index contributed by atoms with van der Waals surface area (Å²) < 4.78 is 0. The molecule has 0 aromatic heterocycles. The Hall–Kier alpha value is -2.28. The molecule has 0 unspecified atom stereocenters. The molecule has 1 spiro atoms. The smallest absolute Gasteiger partial charge is 0.251 e. The van der Waals surface area contributed by atoms with Crippen LogP contribution in [0, 0.1) is 0 Å². The summed E-state index contributed by atoms with van der Waals surface area (Å²) in [4.78, 5) is 29.5. The Morgan fingerprint density at radius 1 is 1.07 bits per heavy atom. The van der Waals surface area contributed by atoms with Crippen LogP contribution in [0.4, 0.5) is 5.69 Å². The van der Waals surface area contributed by atoms with Crippen LogP contribution < -0.4 is 15.5 Å². The van der Waals surface area contributed by atoms with Crippen molar-refractivity contribution in [1.82, 2.24) is 15.5 Å². The third-order valence-corrected chi connectivity index (χ3v) is 6.72. The zero-order chi connectivity index (χ0) is 21.1. The number of hydrogen-bond donors (Lipinski definition) is 2. The van der Waals surface area contributed by atoms with E-state index in [4.69, 9.17) is 23.2 Å². The lowest BCUT2D eigenvalue weighted by Gasteiger charge is -2.43. The molecule has 2 aliphatic rings. The van der Waals surface area contributed by atoms with E-state index in [1.54, 1.807) is 18.2 Å². The zero-order valence-corrected chi connectivity index (χ0v) is 18.0. The second kappa shape index (κ2) is 8.84. The Balaban J connectivity index is 1.30. The summed E-state index contributed by atoms with van der Waals surface area (Å²) in [6.45, 7) is 3.41. The van der Waals surface area contributed by atoms with Crippen LogP contribution in [0.3, 0.4) is 0 Å². The first-order valence-electron chi connectivity index (χ1n) is 10.1. The summed E-state index contributed by atoms with van der Waals surface area (Å²) in [5.74, 6) is -0.0635. The highest BCUT2D eigenvalue weighted by atomic mass is 35.5. The fraction of sp³-hybridized carbons (Fsp3) is 0.364. The van der Waals surface area contributed by atoms with Gasteiger partial charge in [0.05, 0.1) is 16.7 Å². The molecule has 30 heavy (non-hydrogen) atoms. The van der Waals surface area contributed by atoms with Gasteiger partial charge >= 0.3 is 0 Å². The first-order chi connectivity index (χ1) is 14.5. The highest BCUT2D eigenvalue weighted by Gasteiger charge is 2.50. The van der Waals surface area contributed by atoms with Gasteiger partial charge in [-0.2, -0.15) is 0 Å². The molecule has 6 nitrogen and oxygen atoms in total. The number of rotatable bonds is 5. The molecule has 0 radical (unpaired) electrons. The third kappa shape index (κ3) is 4.13. The second-order valence-corrected chi connectivity index (χ2v) is 8.50. The van der Waals surface area contributed by atoms with Gasteiger partial charge in [-0.25, -0.2) is 0 Å². The number of likely N-dealkylation sites (tertiary alicyclic amines) is 1. The molecular formula is C22H24Cl2N4O2. The van der Waals surface area contributed by atoms with Crippen molar-refractivity contribution in [2.45, 2.75) is 18.4 Å². The minimum Gasteiger partial charge on any atom is -0.351 e. The number of benzene rings is 2. The number of nitrogens with one attached hydrogen (secondary N) is 2. The molecule has 158 valence electrons. The molecule has 4 rings (SSSR count). The molecule has 2 saturated heterocycles. The first kappa shape index (κ1) is 21.0. The molecule has 2 aliphatic heterocycles. The van der Waals surface area contributed by atoms with Gasteiger partial charge in [0.2, 0.25) is 5.91 Å². The number of para-hydroxylation sites is 1. The summed E-state index contributed by atoms with van der Waals surface area (Å²) >= 11 is 11.9. The number of halogens is 2. The maximum absolute atomic E-state index is 12.7. The average molecular weight is 447 g/mol. The molecule has 2 N–H and O–H groups in total. The van der Waals surface area contributed by atoms with E-state index < -0.39 is 5.54 Å². The van der Waals surface area contributed by atoms with Crippen LogP contribution in [0.15, 0.2) is 48.5 Å². The number of carbonyl (C=O) groups is 2. The van der Waals surface area contributed by atoms with E-state index in [0.717, 1.165) is 38.2 Å². The molecule has 2 aromatic carbocycles. The second-order valence-electron chi connectivity index (χ2n) is 7.69. The van der Waals surface area contributed by atoms with Gasteiger partial charge in [0, 0.05) is 37.4 Å². The average Bonchev–Trinajstić information content (AvgIpc) is 3.07. The summed E-state index contributed by atoms with van der Waals surface area (Å²) in [6.07, 6.45) is 1.52. The van der Waals surface area contributed by atoms with Crippen molar-refractivity contribution >= 4 is 40.7 Å². The van der Waals surface area contributed by atoms with E-state index in [1.165, 1.54) is 0 Å². The first-order valence-corrected chi connectivity index (χ1v) is 10.8. The topological polar surface area (TPSA) is 64.7 Å². The van der Waals surface area contributed by atoms with E-state index >= 15 is 0 Å². The van der Waals surface area contributed by atoms with E-state index in [9.17, 15) is 9.59 Å².